The van der Waals surface area contributed by atoms with Gasteiger partial charge in [-0.1, -0.05) is 0 Å². The van der Waals surface area contributed by atoms with Crippen molar-refractivity contribution in [2.45, 2.75) is 13.8 Å². The second kappa shape index (κ2) is 7.70. The maximum Gasteiger partial charge on any atom is 0.230 e. The highest BCUT2D eigenvalue weighted by atomic mass is 15.3. The average molecular weight is 397 g/mol. The summed E-state index contributed by atoms with van der Waals surface area (Å²) in [5, 5.41) is 15.5. The van der Waals surface area contributed by atoms with Gasteiger partial charge in [-0.15, -0.1) is 0 Å². The van der Waals surface area contributed by atoms with Crippen molar-refractivity contribution in [3.8, 4) is 0 Å². The molecule has 10 nitrogen and oxygen atoms in total. The second-order valence-electron chi connectivity index (χ2n) is 7.56. The molecule has 4 rings (SSSR count). The molecular formula is C19H28N10. The first-order valence-electron chi connectivity index (χ1n) is 9.75. The van der Waals surface area contributed by atoms with E-state index in [0.717, 1.165) is 60.7 Å². The van der Waals surface area contributed by atoms with Crippen molar-refractivity contribution in [2.75, 3.05) is 48.8 Å². The largest absolute Gasteiger partial charge is 0.365 e. The maximum absolute atomic E-state index is 4.75. The fourth-order valence-corrected chi connectivity index (χ4v) is 3.29. The summed E-state index contributed by atoms with van der Waals surface area (Å²) >= 11 is 0. The Bertz CT molecular complexity index is 958. The summed E-state index contributed by atoms with van der Waals surface area (Å²) in [6, 6.07) is 3.97. The summed E-state index contributed by atoms with van der Waals surface area (Å²) in [7, 11) is 5.98. The highest BCUT2D eigenvalue weighted by Gasteiger charge is 2.20. The highest BCUT2D eigenvalue weighted by Crippen LogP contribution is 2.28. The van der Waals surface area contributed by atoms with Gasteiger partial charge in [-0.2, -0.15) is 15.2 Å². The van der Waals surface area contributed by atoms with Gasteiger partial charge in [0, 0.05) is 63.8 Å². The molecule has 0 atom stereocenters. The summed E-state index contributed by atoms with van der Waals surface area (Å²) < 4.78 is 3.66. The number of hydrogen-bond donors (Lipinski definition) is 2. The molecule has 1 aliphatic rings. The Hall–Kier alpha value is -3.14. The van der Waals surface area contributed by atoms with Gasteiger partial charge in [0.15, 0.2) is 17.5 Å². The molecule has 1 aliphatic heterocycles. The summed E-state index contributed by atoms with van der Waals surface area (Å²) in [6.07, 6.45) is 1.87. The Morgan fingerprint density at radius 1 is 0.828 bits per heavy atom. The minimum atomic E-state index is 0.496. The van der Waals surface area contributed by atoms with Gasteiger partial charge in [0.2, 0.25) is 5.95 Å². The van der Waals surface area contributed by atoms with E-state index in [1.165, 1.54) is 0 Å². The topological polar surface area (TPSA) is 92.0 Å². The van der Waals surface area contributed by atoms with Crippen LogP contribution in [0.15, 0.2) is 18.3 Å². The van der Waals surface area contributed by atoms with E-state index in [1.807, 2.05) is 55.6 Å². The van der Waals surface area contributed by atoms with E-state index in [9.17, 15) is 0 Å². The van der Waals surface area contributed by atoms with Crippen molar-refractivity contribution in [1.29, 1.82) is 0 Å². The van der Waals surface area contributed by atoms with Crippen LogP contribution in [0.1, 0.15) is 11.4 Å². The zero-order valence-corrected chi connectivity index (χ0v) is 17.6. The highest BCUT2D eigenvalue weighted by molar-refractivity contribution is 5.71. The molecule has 1 fully saturated rings. The third-order valence-electron chi connectivity index (χ3n) is 5.33. The Morgan fingerprint density at radius 2 is 1.41 bits per heavy atom. The van der Waals surface area contributed by atoms with E-state index in [4.69, 9.17) is 4.98 Å². The van der Waals surface area contributed by atoms with Crippen molar-refractivity contribution in [1.82, 2.24) is 34.4 Å². The summed E-state index contributed by atoms with van der Waals surface area (Å²) in [6.45, 7) is 7.91. The molecule has 0 spiro atoms. The lowest BCUT2D eigenvalue weighted by Gasteiger charge is -2.34. The van der Waals surface area contributed by atoms with Crippen LogP contribution in [0.25, 0.3) is 0 Å². The van der Waals surface area contributed by atoms with Crippen LogP contribution in [0.4, 0.5) is 29.1 Å². The molecule has 0 saturated carbocycles. The van der Waals surface area contributed by atoms with Crippen LogP contribution in [-0.2, 0) is 14.1 Å². The van der Waals surface area contributed by atoms with Crippen LogP contribution in [0.5, 0.6) is 0 Å². The number of hydrogen-bond acceptors (Lipinski definition) is 8. The Labute approximate surface area is 170 Å². The molecule has 3 aromatic heterocycles. The predicted molar refractivity (Wildman–Crippen MR) is 114 cm³/mol. The molecule has 0 bridgehead atoms. The summed E-state index contributed by atoms with van der Waals surface area (Å²) in [5.74, 6) is 2.71. The lowest BCUT2D eigenvalue weighted by Crippen LogP contribution is -2.44. The van der Waals surface area contributed by atoms with Crippen LogP contribution >= 0.6 is 0 Å². The molecule has 154 valence electrons. The molecule has 29 heavy (non-hydrogen) atoms. The third kappa shape index (κ3) is 4.16. The minimum absolute atomic E-state index is 0.496. The van der Waals surface area contributed by atoms with Gasteiger partial charge in [-0.3, -0.25) is 9.36 Å². The number of nitrogens with zero attached hydrogens (tertiary/aromatic N) is 8. The lowest BCUT2D eigenvalue weighted by molar-refractivity contribution is 0.313. The van der Waals surface area contributed by atoms with Gasteiger partial charge in [-0.25, -0.2) is 4.98 Å². The fraction of sp³-hybridized carbons (Fsp3) is 0.474. The van der Waals surface area contributed by atoms with Gasteiger partial charge in [0.05, 0.1) is 11.9 Å². The first-order valence-corrected chi connectivity index (χ1v) is 9.75. The van der Waals surface area contributed by atoms with Gasteiger partial charge in [-0.05, 0) is 20.9 Å². The Morgan fingerprint density at radius 3 is 1.97 bits per heavy atom. The molecule has 10 heteroatoms. The Balaban J connectivity index is 1.64. The van der Waals surface area contributed by atoms with Crippen LogP contribution in [0, 0.1) is 13.8 Å². The van der Waals surface area contributed by atoms with Crippen molar-refractivity contribution in [2.24, 2.45) is 14.1 Å². The van der Waals surface area contributed by atoms with Crippen LogP contribution in [-0.4, -0.2) is 67.7 Å². The minimum Gasteiger partial charge on any atom is -0.365 e. The first-order chi connectivity index (χ1) is 13.9. The molecule has 0 radical (unpaired) electrons. The standard InChI is InChI=1S/C19H28N10/c1-13-10-16(24-27(13)4)21-18-15(29-8-6-26(3)7-9-29)12-20-19(23-18)22-17-11-14(2)28(5)25-17/h10-12H,6-9H2,1-5H3,(H2,20,21,22,23,24,25). The average Bonchev–Trinajstić information content (AvgIpc) is 3.16. The van der Waals surface area contributed by atoms with E-state index in [2.05, 4.69) is 42.7 Å². The number of rotatable bonds is 5. The monoisotopic (exact) mass is 396 g/mol. The number of aromatic nitrogens is 6. The van der Waals surface area contributed by atoms with Gasteiger partial charge in [0.25, 0.3) is 0 Å². The van der Waals surface area contributed by atoms with Gasteiger partial charge in [0.1, 0.15) is 0 Å². The quantitative estimate of drug-likeness (QED) is 0.675. The van der Waals surface area contributed by atoms with Crippen molar-refractivity contribution < 1.29 is 0 Å². The number of aryl methyl sites for hydroxylation is 4. The predicted octanol–water partition coefficient (Wildman–Crippen LogP) is 1.80. The van der Waals surface area contributed by atoms with E-state index >= 15 is 0 Å². The SMILES string of the molecule is Cc1cc(Nc2ncc(N3CCN(C)CC3)c(Nc3cc(C)n(C)n3)n2)nn1C. The molecular weight excluding hydrogens is 368 g/mol. The van der Waals surface area contributed by atoms with Crippen LogP contribution in [0.3, 0.4) is 0 Å². The second-order valence-corrected chi connectivity index (χ2v) is 7.56. The number of anilines is 5. The zero-order chi connectivity index (χ0) is 20.5. The van der Waals surface area contributed by atoms with Crippen molar-refractivity contribution in [3.63, 3.8) is 0 Å². The van der Waals surface area contributed by atoms with Crippen molar-refractivity contribution in [3.05, 3.63) is 29.7 Å². The normalized spacial score (nSPS) is 15.0. The van der Waals surface area contributed by atoms with E-state index in [1.54, 1.807) is 0 Å². The number of nitrogens with one attached hydrogen (secondary N) is 2. The van der Waals surface area contributed by atoms with Crippen LogP contribution < -0.4 is 15.5 Å². The van der Waals surface area contributed by atoms with Crippen molar-refractivity contribution >= 4 is 29.1 Å². The van der Waals surface area contributed by atoms with E-state index in [-0.39, 0.29) is 0 Å². The molecule has 2 N–H and O–H groups in total. The molecule has 0 aliphatic carbocycles. The van der Waals surface area contributed by atoms with E-state index in [0.29, 0.717) is 5.95 Å². The molecule has 0 unspecified atom stereocenters. The third-order valence-corrected chi connectivity index (χ3v) is 5.33. The Kier molecular flexibility index (Phi) is 5.10. The lowest BCUT2D eigenvalue weighted by atomic mass is 10.3. The molecule has 4 heterocycles. The number of likely N-dealkylation sites (N-methyl/N-ethyl adjacent to an activating group) is 1. The van der Waals surface area contributed by atoms with Gasteiger partial charge < -0.3 is 20.4 Å². The molecule has 1 saturated heterocycles. The zero-order valence-electron chi connectivity index (χ0n) is 17.6. The molecule has 3 aromatic rings. The molecule has 0 amide bonds. The fourth-order valence-electron chi connectivity index (χ4n) is 3.29. The van der Waals surface area contributed by atoms with Gasteiger partial charge >= 0.3 is 0 Å². The maximum atomic E-state index is 4.75. The van der Waals surface area contributed by atoms with Crippen LogP contribution in [0.2, 0.25) is 0 Å². The smallest absolute Gasteiger partial charge is 0.230 e. The molecule has 0 aromatic carbocycles. The summed E-state index contributed by atoms with van der Waals surface area (Å²) in [5.41, 5.74) is 3.11. The first kappa shape index (κ1) is 19.2. The van der Waals surface area contributed by atoms with E-state index < -0.39 is 0 Å². The summed E-state index contributed by atoms with van der Waals surface area (Å²) in [4.78, 5) is 13.9. The number of piperazine rings is 1.